The molecule has 8 nitrogen and oxygen atoms in total. The SMILES string of the molecule is COc1ccc(-c2cc(C(OC(=O)N3CCC3)C(F)(F)F)ccc2F)cc1C(=O)N[C@@H]1C2CCC(/C2=C/C2CC2)[C@@H]1C(=O)Nc1ccc(F)c(C(F)(F)F)c1. The molecule has 292 valence electrons. The topological polar surface area (TPSA) is 97.0 Å². The standard InChI is InChI=1S/C39H35F8N3O5/c1-54-31-12-6-20(25-17-21(5-10-29(25)40)34(39(45,46)47)55-37(53)50-13-2-14-50)16-27(31)35(51)49-33-24-9-8-23(26(24)15-19-3-4-19)32(33)36(52)48-22-7-11-30(41)28(18-22)38(42,43)44/h5-7,10-12,15-19,23-24,32-34H,2-4,8-9,13-14H2,1H3,(H,48,52)(H,49,51)/b26-15-/t23?,24?,32-,33+,34?/m0/s1. The number of benzene rings is 3. The van der Waals surface area contributed by atoms with Crippen LogP contribution in [0.4, 0.5) is 45.6 Å². The molecule has 16 heteroatoms. The molecule has 0 aromatic heterocycles. The lowest BCUT2D eigenvalue weighted by molar-refractivity contribution is -0.209. The van der Waals surface area contributed by atoms with Crippen LogP contribution < -0.4 is 15.4 Å². The summed E-state index contributed by atoms with van der Waals surface area (Å²) in [6.45, 7) is 0.495. The molecule has 4 fully saturated rings. The van der Waals surface area contributed by atoms with Crippen molar-refractivity contribution in [2.45, 2.75) is 56.6 Å². The van der Waals surface area contributed by atoms with Gasteiger partial charge in [-0.15, -0.1) is 0 Å². The van der Waals surface area contributed by atoms with Gasteiger partial charge in [0.1, 0.15) is 17.4 Å². The van der Waals surface area contributed by atoms with E-state index in [4.69, 9.17) is 9.47 Å². The number of fused-ring (bicyclic) bond motifs is 2. The van der Waals surface area contributed by atoms with Gasteiger partial charge in [0.2, 0.25) is 12.0 Å². The van der Waals surface area contributed by atoms with Gasteiger partial charge in [0, 0.05) is 41.9 Å². The van der Waals surface area contributed by atoms with Gasteiger partial charge in [-0.05, 0) is 92.0 Å². The molecule has 2 bridgehead atoms. The molecule has 0 radical (unpaired) electrons. The number of halogens is 8. The number of hydrogen-bond acceptors (Lipinski definition) is 5. The van der Waals surface area contributed by atoms with Crippen molar-refractivity contribution in [2.24, 2.45) is 23.7 Å². The first kappa shape index (κ1) is 38.1. The Labute approximate surface area is 309 Å². The van der Waals surface area contributed by atoms with Crippen LogP contribution >= 0.6 is 0 Å². The molecule has 1 heterocycles. The van der Waals surface area contributed by atoms with Gasteiger partial charge >= 0.3 is 18.4 Å². The number of ether oxygens (including phenoxy) is 2. The molecule has 1 saturated heterocycles. The van der Waals surface area contributed by atoms with Gasteiger partial charge in [0.15, 0.2) is 0 Å². The molecule has 3 amide bonds. The summed E-state index contributed by atoms with van der Waals surface area (Å²) >= 11 is 0. The Bertz CT molecular complexity index is 2040. The van der Waals surface area contributed by atoms with E-state index in [1.54, 1.807) is 0 Å². The summed E-state index contributed by atoms with van der Waals surface area (Å²) < 4.78 is 122. The van der Waals surface area contributed by atoms with Gasteiger partial charge in [0.25, 0.3) is 5.91 Å². The van der Waals surface area contributed by atoms with Gasteiger partial charge < -0.3 is 25.0 Å². The Kier molecular flexibility index (Phi) is 10.0. The number of allylic oxidation sites excluding steroid dienone is 1. The molecule has 55 heavy (non-hydrogen) atoms. The number of nitrogens with one attached hydrogen (secondary N) is 2. The first-order chi connectivity index (χ1) is 26.0. The Hall–Kier alpha value is -5.15. The zero-order chi connectivity index (χ0) is 39.4. The van der Waals surface area contributed by atoms with Crippen molar-refractivity contribution in [2.75, 3.05) is 25.5 Å². The molecule has 4 aliphatic rings. The van der Waals surface area contributed by atoms with E-state index in [2.05, 4.69) is 16.7 Å². The number of carbonyl (C=O) groups excluding carboxylic acids is 3. The summed E-state index contributed by atoms with van der Waals surface area (Å²) in [5, 5.41) is 5.39. The van der Waals surface area contributed by atoms with Crippen molar-refractivity contribution in [3.63, 3.8) is 0 Å². The maximum atomic E-state index is 15.3. The van der Waals surface area contributed by atoms with E-state index < -0.39 is 71.1 Å². The molecular weight excluding hydrogens is 742 g/mol. The van der Waals surface area contributed by atoms with Crippen LogP contribution in [0.2, 0.25) is 0 Å². The minimum absolute atomic E-state index is 0.00590. The minimum Gasteiger partial charge on any atom is -0.496 e. The third-order valence-electron chi connectivity index (χ3n) is 10.8. The van der Waals surface area contributed by atoms with Gasteiger partial charge in [0.05, 0.1) is 24.2 Å². The average Bonchev–Trinajstić information content (AvgIpc) is 3.78. The second-order valence-electron chi connectivity index (χ2n) is 14.3. The number of rotatable bonds is 9. The molecule has 3 saturated carbocycles. The number of carbonyl (C=O) groups is 3. The van der Waals surface area contributed by atoms with Crippen LogP contribution in [0.15, 0.2) is 66.2 Å². The Balaban J connectivity index is 1.18. The van der Waals surface area contributed by atoms with Crippen LogP contribution in [-0.4, -0.2) is 55.2 Å². The lowest BCUT2D eigenvalue weighted by atomic mass is 9.83. The zero-order valence-electron chi connectivity index (χ0n) is 29.2. The first-order valence-electron chi connectivity index (χ1n) is 17.7. The third kappa shape index (κ3) is 7.72. The molecule has 3 aliphatic carbocycles. The van der Waals surface area contributed by atoms with Gasteiger partial charge in [-0.1, -0.05) is 23.8 Å². The summed E-state index contributed by atoms with van der Waals surface area (Å²) in [6, 6.07) is 7.76. The molecule has 3 unspecified atom stereocenters. The number of methoxy groups -OCH3 is 1. The van der Waals surface area contributed by atoms with Crippen LogP contribution in [0.1, 0.15) is 59.7 Å². The molecule has 2 N–H and O–H groups in total. The second-order valence-corrected chi connectivity index (χ2v) is 14.3. The van der Waals surface area contributed by atoms with Gasteiger partial charge in [-0.2, -0.15) is 26.3 Å². The van der Waals surface area contributed by atoms with E-state index >= 15 is 4.39 Å². The van der Waals surface area contributed by atoms with Crippen molar-refractivity contribution in [3.8, 4) is 16.9 Å². The van der Waals surface area contributed by atoms with Crippen molar-refractivity contribution in [1.82, 2.24) is 10.2 Å². The van der Waals surface area contributed by atoms with Gasteiger partial charge in [-0.25, -0.2) is 13.6 Å². The Morgan fingerprint density at radius 1 is 0.873 bits per heavy atom. The van der Waals surface area contributed by atoms with Crippen LogP contribution in [-0.2, 0) is 15.7 Å². The predicted octanol–water partition coefficient (Wildman–Crippen LogP) is 8.83. The molecule has 1 aliphatic heterocycles. The van der Waals surface area contributed by atoms with Gasteiger partial charge in [-0.3, -0.25) is 9.59 Å². The smallest absolute Gasteiger partial charge is 0.429 e. The number of anilines is 1. The highest BCUT2D eigenvalue weighted by atomic mass is 19.4. The lowest BCUT2D eigenvalue weighted by Crippen LogP contribution is -2.48. The predicted molar refractivity (Wildman–Crippen MR) is 182 cm³/mol. The van der Waals surface area contributed by atoms with E-state index in [0.717, 1.165) is 47.6 Å². The number of amides is 3. The quantitative estimate of drug-likeness (QED) is 0.167. The van der Waals surface area contributed by atoms with E-state index in [-0.39, 0.29) is 53.1 Å². The fraction of sp³-hybridized carbons (Fsp3) is 0.410. The highest BCUT2D eigenvalue weighted by molar-refractivity contribution is 6.00. The monoisotopic (exact) mass is 777 g/mol. The number of nitrogens with zero attached hydrogens (tertiary/aromatic N) is 1. The van der Waals surface area contributed by atoms with Crippen LogP contribution in [0, 0.1) is 35.3 Å². The van der Waals surface area contributed by atoms with Crippen LogP contribution in [0.3, 0.4) is 0 Å². The zero-order valence-corrected chi connectivity index (χ0v) is 29.2. The maximum Gasteiger partial charge on any atom is 0.429 e. The summed E-state index contributed by atoms with van der Waals surface area (Å²) in [6.07, 6.45) is -8.06. The molecule has 7 rings (SSSR count). The lowest BCUT2D eigenvalue weighted by Gasteiger charge is -2.32. The third-order valence-corrected chi connectivity index (χ3v) is 10.8. The van der Waals surface area contributed by atoms with E-state index in [0.29, 0.717) is 37.3 Å². The second kappa shape index (κ2) is 14.5. The van der Waals surface area contributed by atoms with Crippen molar-refractivity contribution >= 4 is 23.6 Å². The normalized spacial score (nSPS) is 23.3. The minimum atomic E-state index is -5.03. The summed E-state index contributed by atoms with van der Waals surface area (Å²) in [5.74, 6) is -5.07. The largest absolute Gasteiger partial charge is 0.496 e. The van der Waals surface area contributed by atoms with Crippen LogP contribution in [0.5, 0.6) is 5.75 Å². The fourth-order valence-corrected chi connectivity index (χ4v) is 7.81. The number of likely N-dealkylation sites (tertiary alicyclic amines) is 1. The summed E-state index contributed by atoms with van der Waals surface area (Å²) in [4.78, 5) is 41.4. The number of alkyl halides is 6. The summed E-state index contributed by atoms with van der Waals surface area (Å²) in [7, 11) is 1.27. The van der Waals surface area contributed by atoms with E-state index in [9.17, 15) is 45.1 Å². The first-order valence-corrected chi connectivity index (χ1v) is 17.7. The molecule has 3 aromatic carbocycles. The van der Waals surface area contributed by atoms with E-state index in [1.165, 1.54) is 25.3 Å². The maximum absolute atomic E-state index is 15.3. The van der Waals surface area contributed by atoms with Crippen molar-refractivity contribution in [3.05, 3.63) is 94.6 Å². The summed E-state index contributed by atoms with van der Waals surface area (Å²) in [5.41, 5.74) is -1.87. The van der Waals surface area contributed by atoms with E-state index in [1.807, 2.05) is 0 Å². The highest BCUT2D eigenvalue weighted by Gasteiger charge is 2.55. The van der Waals surface area contributed by atoms with Crippen molar-refractivity contribution < 1.29 is 59.0 Å². The Morgan fingerprint density at radius 2 is 1.58 bits per heavy atom. The molecule has 0 spiro atoms. The van der Waals surface area contributed by atoms with Crippen LogP contribution in [0.25, 0.3) is 11.1 Å². The molecule has 3 aromatic rings. The molecule has 5 atom stereocenters. The number of hydrogen-bond donors (Lipinski definition) is 2. The van der Waals surface area contributed by atoms with Crippen molar-refractivity contribution in [1.29, 1.82) is 0 Å². The average molecular weight is 778 g/mol. The highest BCUT2D eigenvalue weighted by Crippen LogP contribution is 2.54. The molecular formula is C39H35F8N3O5. The fourth-order valence-electron chi connectivity index (χ4n) is 7.81. The Morgan fingerprint density at radius 3 is 2.22 bits per heavy atom.